The Morgan fingerprint density at radius 1 is 0.706 bits per heavy atom. The Morgan fingerprint density at radius 2 is 1.00 bits per heavy atom. The van der Waals surface area contributed by atoms with E-state index in [4.69, 9.17) is 0 Å². The average molecular weight is 233 g/mol. The first-order chi connectivity index (χ1) is 8.38. The van der Waals surface area contributed by atoms with E-state index in [0.29, 0.717) is 11.8 Å². The van der Waals surface area contributed by atoms with Crippen LogP contribution in [0.15, 0.2) is 5.16 Å². The zero-order valence-electron chi connectivity index (χ0n) is 10.5. The molecule has 0 aromatic carbocycles. The molecule has 0 atom stereocenters. The van der Waals surface area contributed by atoms with Crippen molar-refractivity contribution < 1.29 is 5.21 Å². The maximum absolute atomic E-state index is 9.56. The fraction of sp³-hybridized carbons (Fsp3) is 0.933. The number of hydrogen-bond acceptors (Lipinski definition) is 2. The molecule has 4 fully saturated rings. The highest BCUT2D eigenvalue weighted by molar-refractivity contribution is 5.90. The van der Waals surface area contributed by atoms with Gasteiger partial charge in [0.1, 0.15) is 0 Å². The van der Waals surface area contributed by atoms with Crippen molar-refractivity contribution in [2.24, 2.45) is 40.7 Å². The van der Waals surface area contributed by atoms with Gasteiger partial charge in [-0.1, -0.05) is 5.16 Å². The Bertz CT molecular complexity index is 281. The van der Waals surface area contributed by atoms with Gasteiger partial charge in [-0.05, 0) is 75.0 Å². The third-order valence-electron chi connectivity index (χ3n) is 5.32. The summed E-state index contributed by atoms with van der Waals surface area (Å²) in [6.07, 6.45) is 11.1. The van der Waals surface area contributed by atoms with Crippen molar-refractivity contribution in [3.8, 4) is 0 Å². The molecule has 4 saturated carbocycles. The number of hydrogen-bond donors (Lipinski definition) is 1. The van der Waals surface area contributed by atoms with Gasteiger partial charge in [-0.25, -0.2) is 0 Å². The Balaban J connectivity index is 1.57. The molecular weight excluding hydrogens is 210 g/mol. The zero-order chi connectivity index (χ0) is 11.4. The van der Waals surface area contributed by atoms with Crippen LogP contribution in [0.4, 0.5) is 0 Å². The van der Waals surface area contributed by atoms with Crippen LogP contribution >= 0.6 is 0 Å². The van der Waals surface area contributed by atoms with Crippen molar-refractivity contribution in [1.82, 2.24) is 0 Å². The molecule has 0 spiro atoms. The Hall–Kier alpha value is -0.530. The third kappa shape index (κ3) is 2.00. The fourth-order valence-corrected chi connectivity index (χ4v) is 3.91. The molecule has 0 heterocycles. The number of rotatable bonds is 6. The molecule has 0 radical (unpaired) electrons. The van der Waals surface area contributed by atoms with Crippen LogP contribution in [-0.2, 0) is 0 Å². The standard InChI is InChI=1S/C15H23NO/c17-16-15(13(9-1-2-9)10-3-4-10)14(11-5-6-11)12-7-8-12/h9-14,17H,1-8H2. The average Bonchev–Trinajstić information content (AvgIpc) is 3.18. The molecule has 4 rings (SSSR count). The molecule has 17 heavy (non-hydrogen) atoms. The first-order valence-corrected chi connectivity index (χ1v) is 7.60. The zero-order valence-corrected chi connectivity index (χ0v) is 10.5. The molecule has 94 valence electrons. The summed E-state index contributed by atoms with van der Waals surface area (Å²) < 4.78 is 0. The maximum Gasteiger partial charge on any atom is 0.0643 e. The molecule has 0 saturated heterocycles. The van der Waals surface area contributed by atoms with Crippen LogP contribution in [0.2, 0.25) is 0 Å². The second-order valence-electron chi connectivity index (χ2n) is 6.93. The van der Waals surface area contributed by atoms with Gasteiger partial charge in [0.2, 0.25) is 0 Å². The molecule has 0 aromatic rings. The lowest BCUT2D eigenvalue weighted by Gasteiger charge is -2.25. The van der Waals surface area contributed by atoms with Crippen molar-refractivity contribution >= 4 is 5.71 Å². The fourth-order valence-electron chi connectivity index (χ4n) is 3.91. The van der Waals surface area contributed by atoms with Gasteiger partial charge < -0.3 is 5.21 Å². The molecule has 0 aromatic heterocycles. The van der Waals surface area contributed by atoms with Gasteiger partial charge in [0, 0.05) is 11.8 Å². The summed E-state index contributed by atoms with van der Waals surface area (Å²) in [6, 6.07) is 0. The van der Waals surface area contributed by atoms with E-state index < -0.39 is 0 Å². The first-order valence-electron chi connectivity index (χ1n) is 7.60. The largest absolute Gasteiger partial charge is 0.411 e. The van der Waals surface area contributed by atoms with Crippen LogP contribution < -0.4 is 0 Å². The van der Waals surface area contributed by atoms with E-state index >= 15 is 0 Å². The lowest BCUT2D eigenvalue weighted by atomic mass is 9.80. The topological polar surface area (TPSA) is 32.6 Å². The summed E-state index contributed by atoms with van der Waals surface area (Å²) in [5, 5.41) is 13.4. The molecule has 2 nitrogen and oxygen atoms in total. The van der Waals surface area contributed by atoms with Gasteiger partial charge in [0.25, 0.3) is 0 Å². The predicted molar refractivity (Wildman–Crippen MR) is 67.1 cm³/mol. The van der Waals surface area contributed by atoms with Crippen LogP contribution in [-0.4, -0.2) is 10.9 Å². The minimum atomic E-state index is 0.672. The summed E-state index contributed by atoms with van der Waals surface area (Å²) in [5.41, 5.74) is 1.25. The molecule has 1 N–H and O–H groups in total. The van der Waals surface area contributed by atoms with E-state index in [1.807, 2.05) is 0 Å². The molecule has 2 heteroatoms. The van der Waals surface area contributed by atoms with Crippen LogP contribution in [0.5, 0.6) is 0 Å². The Kier molecular flexibility index (Phi) is 2.28. The van der Waals surface area contributed by atoms with E-state index in [1.165, 1.54) is 57.1 Å². The summed E-state index contributed by atoms with van der Waals surface area (Å²) in [5.74, 6) is 4.88. The highest BCUT2D eigenvalue weighted by Gasteiger charge is 2.52. The van der Waals surface area contributed by atoms with Gasteiger partial charge in [-0.3, -0.25) is 0 Å². The van der Waals surface area contributed by atoms with Crippen molar-refractivity contribution in [2.45, 2.75) is 51.4 Å². The molecule has 0 amide bonds. The quantitative estimate of drug-likeness (QED) is 0.423. The Labute approximate surface area is 103 Å². The molecule has 0 unspecified atom stereocenters. The maximum atomic E-state index is 9.56. The van der Waals surface area contributed by atoms with E-state index in [2.05, 4.69) is 5.16 Å². The van der Waals surface area contributed by atoms with Crippen molar-refractivity contribution in [2.75, 3.05) is 0 Å². The predicted octanol–water partition coefficient (Wildman–Crippen LogP) is 3.69. The summed E-state index contributed by atoms with van der Waals surface area (Å²) in [7, 11) is 0. The van der Waals surface area contributed by atoms with Crippen molar-refractivity contribution in [1.29, 1.82) is 0 Å². The molecule has 0 aliphatic heterocycles. The number of oxime groups is 1. The van der Waals surface area contributed by atoms with Gasteiger partial charge in [0.15, 0.2) is 0 Å². The Morgan fingerprint density at radius 3 is 1.18 bits per heavy atom. The summed E-state index contributed by atoms with van der Waals surface area (Å²) in [4.78, 5) is 0. The van der Waals surface area contributed by atoms with Crippen LogP contribution in [0.25, 0.3) is 0 Å². The van der Waals surface area contributed by atoms with Gasteiger partial charge in [-0.2, -0.15) is 0 Å². The number of nitrogens with zero attached hydrogens (tertiary/aromatic N) is 1. The van der Waals surface area contributed by atoms with Crippen molar-refractivity contribution in [3.63, 3.8) is 0 Å². The van der Waals surface area contributed by atoms with Crippen LogP contribution in [0.1, 0.15) is 51.4 Å². The lowest BCUT2D eigenvalue weighted by molar-refractivity contribution is 0.299. The van der Waals surface area contributed by atoms with Crippen molar-refractivity contribution in [3.05, 3.63) is 0 Å². The SMILES string of the molecule is ON=C(C(C1CC1)C1CC1)C(C1CC1)C1CC1. The summed E-state index contributed by atoms with van der Waals surface area (Å²) >= 11 is 0. The third-order valence-corrected chi connectivity index (χ3v) is 5.32. The van der Waals surface area contributed by atoms with E-state index in [1.54, 1.807) is 0 Å². The second-order valence-corrected chi connectivity index (χ2v) is 6.93. The van der Waals surface area contributed by atoms with Gasteiger partial charge >= 0.3 is 0 Å². The van der Waals surface area contributed by atoms with Gasteiger partial charge in [-0.15, -0.1) is 0 Å². The molecule has 0 bridgehead atoms. The van der Waals surface area contributed by atoms with Crippen LogP contribution in [0.3, 0.4) is 0 Å². The van der Waals surface area contributed by atoms with Gasteiger partial charge in [0.05, 0.1) is 5.71 Å². The monoisotopic (exact) mass is 233 g/mol. The minimum Gasteiger partial charge on any atom is -0.411 e. The smallest absolute Gasteiger partial charge is 0.0643 e. The van der Waals surface area contributed by atoms with Crippen LogP contribution in [0, 0.1) is 35.5 Å². The normalized spacial score (nSPS) is 28.8. The van der Waals surface area contributed by atoms with E-state index in [0.717, 1.165) is 23.7 Å². The molecule has 4 aliphatic carbocycles. The van der Waals surface area contributed by atoms with E-state index in [-0.39, 0.29) is 0 Å². The lowest BCUT2D eigenvalue weighted by Crippen LogP contribution is -2.30. The first kappa shape index (κ1) is 10.4. The minimum absolute atomic E-state index is 0.672. The molecular formula is C15H23NO. The second kappa shape index (κ2) is 3.73. The van der Waals surface area contributed by atoms with E-state index in [9.17, 15) is 5.21 Å². The molecule has 4 aliphatic rings. The highest BCUT2D eigenvalue weighted by atomic mass is 16.4. The summed E-state index contributed by atoms with van der Waals surface area (Å²) in [6.45, 7) is 0. The highest BCUT2D eigenvalue weighted by Crippen LogP contribution is 2.56.